The van der Waals surface area contributed by atoms with Crippen LogP contribution in [0.2, 0.25) is 0 Å². The normalized spacial score (nSPS) is 10.9. The summed E-state index contributed by atoms with van der Waals surface area (Å²) in [6.45, 7) is 0.521. The Morgan fingerprint density at radius 1 is 1.19 bits per heavy atom. The number of H-pyrrole nitrogens is 2. The molecule has 7 heteroatoms. The minimum Gasteiger partial charge on any atom is -0.497 e. The van der Waals surface area contributed by atoms with Gasteiger partial charge >= 0.3 is 0 Å². The first-order valence-corrected chi connectivity index (χ1v) is 8.63. The monoisotopic (exact) mass is 361 g/mol. The molecule has 2 aromatic carbocycles. The summed E-state index contributed by atoms with van der Waals surface area (Å²) in [6.07, 6.45) is 4.30. The molecule has 0 bridgehead atoms. The van der Waals surface area contributed by atoms with Crippen LogP contribution < -0.4 is 10.1 Å². The van der Waals surface area contributed by atoms with Gasteiger partial charge in [-0.15, -0.1) is 0 Å². The van der Waals surface area contributed by atoms with Crippen molar-refractivity contribution in [1.82, 2.24) is 25.7 Å². The number of aromatic amines is 2. The standard InChI is InChI=1S/C20H19N5O2/c1-27-16-4-2-3-13(9-16)7-8-21-20(26)19-17-6-5-14(10-18(17)24-25-19)15-11-22-23-12-15/h2-6,9-12H,7-8H2,1H3,(H,21,26)(H,22,23)(H,24,25). The molecule has 2 heterocycles. The molecule has 0 aliphatic heterocycles. The number of amides is 1. The fraction of sp³-hybridized carbons (Fsp3) is 0.150. The SMILES string of the molecule is COc1cccc(CCNC(=O)c2n[nH]c3cc(-c4cn[nH]c4)ccc23)c1. The number of hydrogen-bond acceptors (Lipinski definition) is 4. The highest BCUT2D eigenvalue weighted by Crippen LogP contribution is 2.24. The second kappa shape index (κ2) is 7.33. The van der Waals surface area contributed by atoms with Crippen molar-refractivity contribution in [3.8, 4) is 16.9 Å². The van der Waals surface area contributed by atoms with Crippen molar-refractivity contribution in [1.29, 1.82) is 0 Å². The van der Waals surface area contributed by atoms with E-state index in [9.17, 15) is 4.79 Å². The second-order valence-electron chi connectivity index (χ2n) is 6.18. The summed E-state index contributed by atoms with van der Waals surface area (Å²) in [7, 11) is 1.64. The number of rotatable bonds is 6. The molecule has 0 aliphatic rings. The molecule has 1 amide bonds. The zero-order valence-electron chi connectivity index (χ0n) is 14.8. The third-order valence-electron chi connectivity index (χ3n) is 4.44. The summed E-state index contributed by atoms with van der Waals surface area (Å²) in [6, 6.07) is 13.6. The zero-order valence-corrected chi connectivity index (χ0v) is 14.8. The molecule has 27 heavy (non-hydrogen) atoms. The van der Waals surface area contributed by atoms with Gasteiger partial charge in [0.15, 0.2) is 5.69 Å². The van der Waals surface area contributed by atoms with Crippen LogP contribution >= 0.6 is 0 Å². The average Bonchev–Trinajstić information content (AvgIpc) is 3.37. The molecule has 7 nitrogen and oxygen atoms in total. The molecule has 0 radical (unpaired) electrons. The maximum Gasteiger partial charge on any atom is 0.272 e. The molecule has 0 saturated carbocycles. The highest BCUT2D eigenvalue weighted by Gasteiger charge is 2.14. The van der Waals surface area contributed by atoms with Crippen LogP contribution in [0.5, 0.6) is 5.75 Å². The number of ether oxygens (including phenoxy) is 1. The van der Waals surface area contributed by atoms with Crippen molar-refractivity contribution in [2.45, 2.75) is 6.42 Å². The molecule has 2 aromatic heterocycles. The number of fused-ring (bicyclic) bond motifs is 1. The van der Waals surface area contributed by atoms with Crippen LogP contribution in [-0.2, 0) is 6.42 Å². The molecular formula is C20H19N5O2. The molecule has 0 aliphatic carbocycles. The highest BCUT2D eigenvalue weighted by atomic mass is 16.5. The van der Waals surface area contributed by atoms with Crippen molar-refractivity contribution >= 4 is 16.8 Å². The fourth-order valence-corrected chi connectivity index (χ4v) is 3.01. The van der Waals surface area contributed by atoms with Gasteiger partial charge in [0.25, 0.3) is 5.91 Å². The van der Waals surface area contributed by atoms with Gasteiger partial charge in [-0.05, 0) is 41.8 Å². The molecular weight excluding hydrogens is 342 g/mol. The van der Waals surface area contributed by atoms with E-state index in [0.29, 0.717) is 12.2 Å². The Bertz CT molecular complexity index is 1070. The zero-order chi connectivity index (χ0) is 18.6. The molecule has 0 saturated heterocycles. The predicted octanol–water partition coefficient (Wildman–Crippen LogP) is 2.93. The fourth-order valence-electron chi connectivity index (χ4n) is 3.01. The first-order chi connectivity index (χ1) is 13.2. The van der Waals surface area contributed by atoms with Crippen LogP contribution in [0.15, 0.2) is 54.9 Å². The number of methoxy groups -OCH3 is 1. The van der Waals surface area contributed by atoms with Gasteiger partial charge in [0.1, 0.15) is 5.75 Å². The number of nitrogens with one attached hydrogen (secondary N) is 3. The maximum absolute atomic E-state index is 12.5. The van der Waals surface area contributed by atoms with Crippen molar-refractivity contribution < 1.29 is 9.53 Å². The van der Waals surface area contributed by atoms with E-state index in [2.05, 4.69) is 25.7 Å². The summed E-state index contributed by atoms with van der Waals surface area (Å²) in [5.41, 5.74) is 4.30. The second-order valence-corrected chi connectivity index (χ2v) is 6.18. The largest absolute Gasteiger partial charge is 0.497 e. The Hall–Kier alpha value is -3.61. The minimum absolute atomic E-state index is 0.194. The number of nitrogens with zero attached hydrogens (tertiary/aromatic N) is 2. The van der Waals surface area contributed by atoms with E-state index in [1.165, 1.54) is 0 Å². The molecule has 4 aromatic rings. The molecule has 0 spiro atoms. The van der Waals surface area contributed by atoms with Crippen LogP contribution in [0, 0.1) is 0 Å². The summed E-state index contributed by atoms with van der Waals surface area (Å²) >= 11 is 0. The van der Waals surface area contributed by atoms with Crippen LogP contribution in [0.1, 0.15) is 16.1 Å². The van der Waals surface area contributed by atoms with Crippen LogP contribution in [0.25, 0.3) is 22.0 Å². The average molecular weight is 361 g/mol. The van der Waals surface area contributed by atoms with Crippen LogP contribution in [0.3, 0.4) is 0 Å². The van der Waals surface area contributed by atoms with Crippen LogP contribution in [0.4, 0.5) is 0 Å². The van der Waals surface area contributed by atoms with Gasteiger partial charge in [-0.1, -0.05) is 18.2 Å². The van der Waals surface area contributed by atoms with Crippen molar-refractivity contribution in [2.75, 3.05) is 13.7 Å². The lowest BCUT2D eigenvalue weighted by molar-refractivity contribution is 0.0950. The molecule has 0 atom stereocenters. The third kappa shape index (κ3) is 3.52. The van der Waals surface area contributed by atoms with Gasteiger partial charge in [0.2, 0.25) is 0 Å². The number of carbonyl (C=O) groups is 1. The lowest BCUT2D eigenvalue weighted by atomic mass is 10.1. The maximum atomic E-state index is 12.5. The van der Waals surface area contributed by atoms with E-state index in [-0.39, 0.29) is 5.91 Å². The van der Waals surface area contributed by atoms with Gasteiger partial charge in [-0.3, -0.25) is 15.0 Å². The topological polar surface area (TPSA) is 95.7 Å². The smallest absolute Gasteiger partial charge is 0.272 e. The molecule has 0 fully saturated rings. The van der Waals surface area contributed by atoms with Gasteiger partial charge in [-0.2, -0.15) is 10.2 Å². The van der Waals surface area contributed by atoms with Crippen molar-refractivity contribution in [2.24, 2.45) is 0 Å². The minimum atomic E-state index is -0.194. The van der Waals surface area contributed by atoms with Gasteiger partial charge in [0.05, 0.1) is 18.8 Å². The van der Waals surface area contributed by atoms with Gasteiger partial charge in [0, 0.05) is 23.7 Å². The quantitative estimate of drug-likeness (QED) is 0.492. The Morgan fingerprint density at radius 3 is 2.93 bits per heavy atom. The Balaban J connectivity index is 1.44. The predicted molar refractivity (Wildman–Crippen MR) is 103 cm³/mol. The number of hydrogen-bond donors (Lipinski definition) is 3. The van der Waals surface area contributed by atoms with E-state index in [4.69, 9.17) is 4.74 Å². The number of benzene rings is 2. The van der Waals surface area contributed by atoms with E-state index in [0.717, 1.165) is 39.8 Å². The van der Waals surface area contributed by atoms with Crippen LogP contribution in [-0.4, -0.2) is 40.0 Å². The Kier molecular flexibility index (Phi) is 4.57. The van der Waals surface area contributed by atoms with E-state index in [1.807, 2.05) is 48.7 Å². The summed E-state index contributed by atoms with van der Waals surface area (Å²) in [5.74, 6) is 0.616. The number of aromatic nitrogens is 4. The molecule has 136 valence electrons. The van der Waals surface area contributed by atoms with Crippen molar-refractivity contribution in [3.05, 3.63) is 66.1 Å². The molecule has 0 unspecified atom stereocenters. The van der Waals surface area contributed by atoms with Gasteiger partial charge in [-0.25, -0.2) is 0 Å². The summed E-state index contributed by atoms with van der Waals surface area (Å²) in [4.78, 5) is 12.5. The van der Waals surface area contributed by atoms with Gasteiger partial charge < -0.3 is 10.1 Å². The van der Waals surface area contributed by atoms with Crippen molar-refractivity contribution in [3.63, 3.8) is 0 Å². The summed E-state index contributed by atoms with van der Waals surface area (Å²) < 4.78 is 5.22. The molecule has 3 N–H and O–H groups in total. The third-order valence-corrected chi connectivity index (χ3v) is 4.44. The first-order valence-electron chi connectivity index (χ1n) is 8.63. The lowest BCUT2D eigenvalue weighted by Crippen LogP contribution is -2.26. The first kappa shape index (κ1) is 16.8. The summed E-state index contributed by atoms with van der Waals surface area (Å²) in [5, 5.41) is 17.6. The number of carbonyl (C=O) groups excluding carboxylic acids is 1. The van der Waals surface area contributed by atoms with E-state index >= 15 is 0 Å². The van der Waals surface area contributed by atoms with E-state index in [1.54, 1.807) is 13.3 Å². The lowest BCUT2D eigenvalue weighted by Gasteiger charge is -2.06. The van der Waals surface area contributed by atoms with E-state index < -0.39 is 0 Å². The Labute approximate surface area is 155 Å². The Morgan fingerprint density at radius 2 is 2.11 bits per heavy atom. The molecule has 4 rings (SSSR count). The highest BCUT2D eigenvalue weighted by molar-refractivity contribution is 6.05.